The van der Waals surface area contributed by atoms with Crippen molar-refractivity contribution in [2.24, 2.45) is 5.92 Å². The van der Waals surface area contributed by atoms with Crippen molar-refractivity contribution >= 4 is 28.2 Å². The van der Waals surface area contributed by atoms with Gasteiger partial charge < -0.3 is 15.4 Å². The molecule has 1 aromatic heterocycles. The molecule has 3 rings (SSSR count). The molecule has 6 nitrogen and oxygen atoms in total. The maximum Gasteiger partial charge on any atom is 0.306 e. The second kappa shape index (κ2) is 6.26. The van der Waals surface area contributed by atoms with Crippen molar-refractivity contribution in [2.75, 3.05) is 23.7 Å². The fraction of sp³-hybridized carbons (Fsp3) is 0.500. The van der Waals surface area contributed by atoms with Gasteiger partial charge in [0.25, 0.3) is 0 Å². The Morgan fingerprint density at radius 2 is 2.21 bits per heavy atom. The Morgan fingerprint density at radius 1 is 1.42 bits per heavy atom. The van der Waals surface area contributed by atoms with Crippen LogP contribution in [0.15, 0.2) is 24.4 Å². The van der Waals surface area contributed by atoms with Gasteiger partial charge in [-0.15, -0.1) is 5.10 Å². The molecule has 2 N–H and O–H groups in total. The van der Waals surface area contributed by atoms with Crippen molar-refractivity contribution in [1.29, 1.82) is 0 Å². The van der Waals surface area contributed by atoms with Gasteiger partial charge >= 0.3 is 5.97 Å². The molecular weight excluding hydrogens is 304 g/mol. The van der Waals surface area contributed by atoms with E-state index in [-0.39, 0.29) is 11.9 Å². The SMILES string of the molecule is CC(C)(C)OC(=O)C[C@@H]1CCN(c2nncc3cc(N)ccc23)C1. The Labute approximate surface area is 142 Å². The van der Waals surface area contributed by atoms with Gasteiger partial charge in [0.05, 0.1) is 12.6 Å². The Balaban J connectivity index is 1.71. The number of benzene rings is 1. The summed E-state index contributed by atoms with van der Waals surface area (Å²) in [4.78, 5) is 14.2. The quantitative estimate of drug-likeness (QED) is 0.689. The molecule has 0 aliphatic carbocycles. The zero-order valence-electron chi connectivity index (χ0n) is 14.5. The predicted octanol–water partition coefficient (Wildman–Crippen LogP) is 2.77. The Bertz CT molecular complexity index is 754. The monoisotopic (exact) mass is 328 g/mol. The lowest BCUT2D eigenvalue weighted by Crippen LogP contribution is -2.26. The molecule has 1 aromatic carbocycles. The average Bonchev–Trinajstić information content (AvgIpc) is 2.92. The van der Waals surface area contributed by atoms with E-state index >= 15 is 0 Å². The minimum atomic E-state index is -0.434. The number of nitrogens with two attached hydrogens (primary N) is 1. The van der Waals surface area contributed by atoms with Crippen molar-refractivity contribution in [2.45, 2.75) is 39.2 Å². The molecular formula is C18H24N4O2. The van der Waals surface area contributed by atoms with E-state index in [4.69, 9.17) is 10.5 Å². The summed E-state index contributed by atoms with van der Waals surface area (Å²) < 4.78 is 5.42. The number of ether oxygens (including phenoxy) is 1. The number of nitrogen functional groups attached to an aromatic ring is 1. The lowest BCUT2D eigenvalue weighted by Gasteiger charge is -2.21. The standard InChI is InChI=1S/C18H24N4O2/c1-18(2,3)24-16(23)8-12-6-7-22(11-12)17-15-5-4-14(19)9-13(15)10-20-21-17/h4-5,9-10,12H,6-8,11,19H2,1-3H3/t12-/m0/s1. The van der Waals surface area contributed by atoms with Crippen LogP contribution in [0.2, 0.25) is 0 Å². The van der Waals surface area contributed by atoms with Crippen molar-refractivity contribution in [3.05, 3.63) is 24.4 Å². The first-order valence-corrected chi connectivity index (χ1v) is 8.29. The summed E-state index contributed by atoms with van der Waals surface area (Å²) in [6, 6.07) is 5.76. The highest BCUT2D eigenvalue weighted by atomic mass is 16.6. The van der Waals surface area contributed by atoms with Crippen LogP contribution in [0, 0.1) is 5.92 Å². The fourth-order valence-electron chi connectivity index (χ4n) is 3.14. The van der Waals surface area contributed by atoms with E-state index in [2.05, 4.69) is 15.1 Å². The van der Waals surface area contributed by atoms with Crippen molar-refractivity contribution in [3.8, 4) is 0 Å². The van der Waals surface area contributed by atoms with Crippen LogP contribution in [0.4, 0.5) is 11.5 Å². The maximum absolute atomic E-state index is 12.0. The van der Waals surface area contributed by atoms with Gasteiger partial charge in [0.15, 0.2) is 5.82 Å². The van der Waals surface area contributed by atoms with Crippen LogP contribution < -0.4 is 10.6 Å². The lowest BCUT2D eigenvalue weighted by atomic mass is 10.1. The van der Waals surface area contributed by atoms with Crippen molar-refractivity contribution < 1.29 is 9.53 Å². The predicted molar refractivity (Wildman–Crippen MR) is 94.7 cm³/mol. The van der Waals surface area contributed by atoms with Gasteiger partial charge in [-0.25, -0.2) is 0 Å². The number of nitrogens with zero attached hydrogens (tertiary/aromatic N) is 3. The summed E-state index contributed by atoms with van der Waals surface area (Å²) >= 11 is 0. The first kappa shape index (κ1) is 16.5. The highest BCUT2D eigenvalue weighted by molar-refractivity contribution is 5.93. The molecule has 6 heteroatoms. The highest BCUT2D eigenvalue weighted by Crippen LogP contribution is 2.30. The fourth-order valence-corrected chi connectivity index (χ4v) is 3.14. The smallest absolute Gasteiger partial charge is 0.306 e. The Kier molecular flexibility index (Phi) is 4.30. The number of aromatic nitrogens is 2. The second-order valence-electron chi connectivity index (χ2n) is 7.41. The molecule has 0 bridgehead atoms. The molecule has 128 valence electrons. The third-order valence-electron chi connectivity index (χ3n) is 4.13. The van der Waals surface area contributed by atoms with Crippen molar-refractivity contribution in [3.63, 3.8) is 0 Å². The number of anilines is 2. The Morgan fingerprint density at radius 3 is 2.96 bits per heavy atom. The van der Waals surface area contributed by atoms with E-state index in [0.29, 0.717) is 12.1 Å². The molecule has 1 aliphatic rings. The van der Waals surface area contributed by atoms with Crippen LogP contribution in [0.3, 0.4) is 0 Å². The molecule has 1 saturated heterocycles. The molecule has 0 unspecified atom stereocenters. The number of fused-ring (bicyclic) bond motifs is 1. The van der Waals surface area contributed by atoms with E-state index in [0.717, 1.165) is 36.1 Å². The van der Waals surface area contributed by atoms with Crippen LogP contribution in [0.1, 0.15) is 33.6 Å². The number of rotatable bonds is 3. The molecule has 1 atom stereocenters. The molecule has 24 heavy (non-hydrogen) atoms. The molecule has 0 saturated carbocycles. The Hall–Kier alpha value is -2.37. The van der Waals surface area contributed by atoms with Crippen LogP contribution >= 0.6 is 0 Å². The summed E-state index contributed by atoms with van der Waals surface area (Å²) in [7, 11) is 0. The summed E-state index contributed by atoms with van der Waals surface area (Å²) in [5, 5.41) is 10.4. The molecule has 2 aromatic rings. The number of esters is 1. The van der Waals surface area contributed by atoms with Crippen LogP contribution in [-0.4, -0.2) is 34.9 Å². The first-order valence-electron chi connectivity index (χ1n) is 8.29. The number of hydrogen-bond donors (Lipinski definition) is 1. The zero-order chi connectivity index (χ0) is 17.3. The summed E-state index contributed by atoms with van der Waals surface area (Å²) in [5.41, 5.74) is 6.12. The second-order valence-corrected chi connectivity index (χ2v) is 7.41. The van der Waals surface area contributed by atoms with E-state index in [9.17, 15) is 4.79 Å². The highest BCUT2D eigenvalue weighted by Gasteiger charge is 2.28. The molecule has 1 aliphatic heterocycles. The molecule has 0 amide bonds. The molecule has 0 radical (unpaired) electrons. The minimum absolute atomic E-state index is 0.133. The van der Waals surface area contributed by atoms with Gasteiger partial charge in [-0.05, 0) is 51.3 Å². The zero-order valence-corrected chi connectivity index (χ0v) is 14.5. The number of carbonyl (C=O) groups is 1. The van der Waals surface area contributed by atoms with Crippen molar-refractivity contribution in [1.82, 2.24) is 10.2 Å². The van der Waals surface area contributed by atoms with Gasteiger partial charge in [-0.2, -0.15) is 5.10 Å². The molecule has 2 heterocycles. The summed E-state index contributed by atoms with van der Waals surface area (Å²) in [6.07, 6.45) is 3.12. The van der Waals surface area contributed by atoms with E-state index in [1.165, 1.54) is 0 Å². The number of carbonyl (C=O) groups excluding carboxylic acids is 1. The molecule has 1 fully saturated rings. The number of hydrogen-bond acceptors (Lipinski definition) is 6. The van der Waals surface area contributed by atoms with E-state index in [1.54, 1.807) is 6.20 Å². The topological polar surface area (TPSA) is 81.3 Å². The van der Waals surface area contributed by atoms with Gasteiger partial charge in [-0.1, -0.05) is 0 Å². The maximum atomic E-state index is 12.0. The van der Waals surface area contributed by atoms with E-state index in [1.807, 2.05) is 39.0 Å². The average molecular weight is 328 g/mol. The lowest BCUT2D eigenvalue weighted by molar-refractivity contribution is -0.155. The van der Waals surface area contributed by atoms with Crippen LogP contribution in [0.25, 0.3) is 10.8 Å². The van der Waals surface area contributed by atoms with Crippen LogP contribution in [-0.2, 0) is 9.53 Å². The minimum Gasteiger partial charge on any atom is -0.460 e. The summed E-state index contributed by atoms with van der Waals surface area (Å²) in [6.45, 7) is 7.33. The third kappa shape index (κ3) is 3.75. The normalized spacial score (nSPS) is 18.1. The third-order valence-corrected chi connectivity index (χ3v) is 4.13. The first-order chi connectivity index (χ1) is 11.3. The van der Waals surface area contributed by atoms with Gasteiger partial charge in [0, 0.05) is 29.5 Å². The van der Waals surface area contributed by atoms with Gasteiger partial charge in [0.2, 0.25) is 0 Å². The van der Waals surface area contributed by atoms with Crippen LogP contribution in [0.5, 0.6) is 0 Å². The van der Waals surface area contributed by atoms with Gasteiger partial charge in [0.1, 0.15) is 5.60 Å². The largest absolute Gasteiger partial charge is 0.460 e. The van der Waals surface area contributed by atoms with E-state index < -0.39 is 5.60 Å². The summed E-state index contributed by atoms with van der Waals surface area (Å²) in [5.74, 6) is 1.01. The molecule has 0 spiro atoms. The van der Waals surface area contributed by atoms with Gasteiger partial charge in [-0.3, -0.25) is 4.79 Å².